The van der Waals surface area contributed by atoms with E-state index in [4.69, 9.17) is 4.74 Å². The molecule has 2 aliphatic heterocycles. The lowest BCUT2D eigenvalue weighted by atomic mass is 9.92. The first-order valence-corrected chi connectivity index (χ1v) is 9.44. The number of aliphatic carboxylic acids is 1. The molecule has 1 unspecified atom stereocenters. The third-order valence-corrected chi connectivity index (χ3v) is 6.07. The van der Waals surface area contributed by atoms with E-state index in [9.17, 15) is 19.5 Å². The molecule has 3 aliphatic rings. The standard InChI is InChI=1S/C20H24N2O5/c1-27-17-5-3-2-4-16(17)22-9-13(8-18(22)23)19(24)21-10-14(12-6-7-12)15(11-21)20(25)26/h2-5,12-15H,6-11H2,1H3,(H,25,26)/t13?,14-,15+/m1/s1. The van der Waals surface area contributed by atoms with Gasteiger partial charge in [-0.1, -0.05) is 12.1 Å². The van der Waals surface area contributed by atoms with E-state index in [0.717, 1.165) is 12.8 Å². The number of benzene rings is 1. The molecule has 7 nitrogen and oxygen atoms in total. The van der Waals surface area contributed by atoms with Crippen molar-refractivity contribution in [3.8, 4) is 5.75 Å². The summed E-state index contributed by atoms with van der Waals surface area (Å²) in [4.78, 5) is 40.4. The van der Waals surface area contributed by atoms with Crippen LogP contribution in [-0.4, -0.2) is 54.5 Å². The Hall–Kier alpha value is -2.57. The highest BCUT2D eigenvalue weighted by atomic mass is 16.5. The Morgan fingerprint density at radius 2 is 1.89 bits per heavy atom. The van der Waals surface area contributed by atoms with Crippen molar-refractivity contribution in [1.29, 1.82) is 0 Å². The van der Waals surface area contributed by atoms with Crippen LogP contribution in [0.5, 0.6) is 5.75 Å². The lowest BCUT2D eigenvalue weighted by Gasteiger charge is -2.22. The van der Waals surface area contributed by atoms with Gasteiger partial charge < -0.3 is 19.6 Å². The minimum atomic E-state index is -0.819. The number of carbonyl (C=O) groups excluding carboxylic acids is 2. The Morgan fingerprint density at radius 3 is 2.56 bits per heavy atom. The lowest BCUT2D eigenvalue weighted by Crippen LogP contribution is -2.36. The first kappa shape index (κ1) is 17.8. The molecule has 0 spiro atoms. The first-order valence-electron chi connectivity index (χ1n) is 9.44. The maximum absolute atomic E-state index is 13.0. The van der Waals surface area contributed by atoms with Crippen molar-refractivity contribution in [1.82, 2.24) is 4.90 Å². The van der Waals surface area contributed by atoms with Crippen LogP contribution in [0.1, 0.15) is 19.3 Å². The van der Waals surface area contributed by atoms with Crippen LogP contribution in [0.15, 0.2) is 24.3 Å². The molecule has 4 rings (SSSR count). The molecule has 7 heteroatoms. The zero-order chi connectivity index (χ0) is 19.1. The molecule has 2 amide bonds. The maximum Gasteiger partial charge on any atom is 0.308 e. The number of ether oxygens (including phenoxy) is 1. The predicted octanol–water partition coefficient (Wildman–Crippen LogP) is 1.62. The largest absolute Gasteiger partial charge is 0.495 e. The van der Waals surface area contributed by atoms with Gasteiger partial charge in [0.25, 0.3) is 0 Å². The smallest absolute Gasteiger partial charge is 0.308 e. The van der Waals surface area contributed by atoms with Crippen molar-refractivity contribution in [2.75, 3.05) is 31.6 Å². The summed E-state index contributed by atoms with van der Waals surface area (Å²) in [5.74, 6) is -0.868. The number of hydrogen-bond donors (Lipinski definition) is 1. The number of anilines is 1. The van der Waals surface area contributed by atoms with Crippen LogP contribution < -0.4 is 9.64 Å². The summed E-state index contributed by atoms with van der Waals surface area (Å²) in [6.45, 7) is 1.06. The van der Waals surface area contributed by atoms with Gasteiger partial charge in [-0.3, -0.25) is 14.4 Å². The summed E-state index contributed by atoms with van der Waals surface area (Å²) in [6.07, 6.45) is 2.26. The molecule has 144 valence electrons. The van der Waals surface area contributed by atoms with E-state index in [2.05, 4.69) is 0 Å². The van der Waals surface area contributed by atoms with Crippen LogP contribution in [0.4, 0.5) is 5.69 Å². The fourth-order valence-corrected chi connectivity index (χ4v) is 4.49. The number of carbonyl (C=O) groups is 3. The molecule has 0 radical (unpaired) electrons. The summed E-state index contributed by atoms with van der Waals surface area (Å²) < 4.78 is 5.33. The number of nitrogens with zero attached hydrogens (tertiary/aromatic N) is 2. The molecule has 3 atom stereocenters. The lowest BCUT2D eigenvalue weighted by molar-refractivity contribution is -0.143. The normalized spacial score (nSPS) is 27.9. The number of rotatable bonds is 5. The fourth-order valence-electron chi connectivity index (χ4n) is 4.49. The number of hydrogen-bond acceptors (Lipinski definition) is 4. The van der Waals surface area contributed by atoms with Crippen molar-refractivity contribution >= 4 is 23.5 Å². The van der Waals surface area contributed by atoms with Gasteiger partial charge in [0.05, 0.1) is 24.6 Å². The van der Waals surface area contributed by atoms with E-state index >= 15 is 0 Å². The SMILES string of the molecule is COc1ccccc1N1CC(C(=O)N2C[C@H](C(=O)O)[C@@H](C3CC3)C2)CC1=O. The zero-order valence-corrected chi connectivity index (χ0v) is 15.3. The minimum Gasteiger partial charge on any atom is -0.495 e. The Labute approximate surface area is 157 Å². The number of carboxylic acid groups (broad SMARTS) is 1. The van der Waals surface area contributed by atoms with Crippen LogP contribution in [0.25, 0.3) is 0 Å². The van der Waals surface area contributed by atoms with Gasteiger partial charge in [0.1, 0.15) is 5.75 Å². The summed E-state index contributed by atoms with van der Waals surface area (Å²) in [5.41, 5.74) is 0.668. The number of likely N-dealkylation sites (tertiary alicyclic amines) is 1. The molecule has 27 heavy (non-hydrogen) atoms. The molecule has 0 bridgehead atoms. The third kappa shape index (κ3) is 3.26. The first-order chi connectivity index (χ1) is 13.0. The van der Waals surface area contributed by atoms with Crippen LogP contribution in [-0.2, 0) is 14.4 Å². The van der Waals surface area contributed by atoms with Crippen molar-refractivity contribution in [2.45, 2.75) is 19.3 Å². The molecule has 0 aromatic heterocycles. The summed E-state index contributed by atoms with van der Waals surface area (Å²) in [5, 5.41) is 9.50. The van der Waals surface area contributed by atoms with Crippen molar-refractivity contribution < 1.29 is 24.2 Å². The van der Waals surface area contributed by atoms with Crippen LogP contribution >= 0.6 is 0 Å². The topological polar surface area (TPSA) is 87.2 Å². The fraction of sp³-hybridized carbons (Fsp3) is 0.550. The highest BCUT2D eigenvalue weighted by molar-refractivity contribution is 6.01. The number of methoxy groups -OCH3 is 1. The highest BCUT2D eigenvalue weighted by Crippen LogP contribution is 2.44. The van der Waals surface area contributed by atoms with E-state index in [0.29, 0.717) is 30.4 Å². The van der Waals surface area contributed by atoms with Crippen LogP contribution in [0.2, 0.25) is 0 Å². The Morgan fingerprint density at radius 1 is 1.15 bits per heavy atom. The molecular formula is C20H24N2O5. The second-order valence-corrected chi connectivity index (χ2v) is 7.77. The van der Waals surface area contributed by atoms with Gasteiger partial charge >= 0.3 is 5.97 Å². The second-order valence-electron chi connectivity index (χ2n) is 7.77. The van der Waals surface area contributed by atoms with Crippen LogP contribution in [0, 0.1) is 23.7 Å². The Bertz CT molecular complexity index is 775. The number of para-hydroxylation sites is 2. The molecular weight excluding hydrogens is 348 g/mol. The molecule has 1 aliphatic carbocycles. The summed E-state index contributed by atoms with van der Waals surface area (Å²) >= 11 is 0. The van der Waals surface area contributed by atoms with Crippen molar-refractivity contribution in [3.63, 3.8) is 0 Å². The van der Waals surface area contributed by atoms with Gasteiger partial charge in [-0.05, 0) is 36.8 Å². The average molecular weight is 372 g/mol. The number of carboxylic acids is 1. The number of amides is 2. The van der Waals surface area contributed by atoms with E-state index in [1.54, 1.807) is 23.0 Å². The predicted molar refractivity (Wildman–Crippen MR) is 97.4 cm³/mol. The summed E-state index contributed by atoms with van der Waals surface area (Å²) in [6, 6.07) is 7.26. The van der Waals surface area contributed by atoms with Gasteiger partial charge in [0, 0.05) is 26.1 Å². The molecule has 2 saturated heterocycles. The third-order valence-electron chi connectivity index (χ3n) is 6.07. The van der Waals surface area contributed by atoms with Gasteiger partial charge in [-0.15, -0.1) is 0 Å². The molecule has 1 saturated carbocycles. The van der Waals surface area contributed by atoms with E-state index in [1.165, 1.54) is 0 Å². The zero-order valence-electron chi connectivity index (χ0n) is 15.3. The summed E-state index contributed by atoms with van der Waals surface area (Å²) in [7, 11) is 1.55. The molecule has 3 fully saturated rings. The Kier molecular flexibility index (Phi) is 4.53. The quantitative estimate of drug-likeness (QED) is 0.849. The minimum absolute atomic E-state index is 0.0499. The second kappa shape index (κ2) is 6.87. The molecule has 2 heterocycles. The van der Waals surface area contributed by atoms with Crippen molar-refractivity contribution in [3.05, 3.63) is 24.3 Å². The van der Waals surface area contributed by atoms with Gasteiger partial charge in [0.15, 0.2) is 0 Å². The van der Waals surface area contributed by atoms with E-state index < -0.39 is 17.8 Å². The van der Waals surface area contributed by atoms with E-state index in [1.807, 2.05) is 18.2 Å². The van der Waals surface area contributed by atoms with Crippen molar-refractivity contribution in [2.24, 2.45) is 23.7 Å². The maximum atomic E-state index is 13.0. The van der Waals surface area contributed by atoms with Gasteiger partial charge in [0.2, 0.25) is 11.8 Å². The Balaban J connectivity index is 1.47. The molecule has 1 aromatic carbocycles. The monoisotopic (exact) mass is 372 g/mol. The molecule has 1 aromatic rings. The average Bonchev–Trinajstić information content (AvgIpc) is 3.29. The van der Waals surface area contributed by atoms with Gasteiger partial charge in [-0.2, -0.15) is 0 Å². The van der Waals surface area contributed by atoms with E-state index in [-0.39, 0.29) is 30.7 Å². The highest BCUT2D eigenvalue weighted by Gasteiger charge is 2.48. The van der Waals surface area contributed by atoms with Crippen LogP contribution in [0.3, 0.4) is 0 Å². The molecule has 1 N–H and O–H groups in total. The van der Waals surface area contributed by atoms with Gasteiger partial charge in [-0.25, -0.2) is 0 Å².